The smallest absolute Gasteiger partial charge is 0.135 e. The van der Waals surface area contributed by atoms with Crippen LogP contribution in [0, 0.1) is 0 Å². The minimum atomic E-state index is -0.533. The molecule has 1 atom stereocenters. The van der Waals surface area contributed by atoms with Crippen molar-refractivity contribution in [3.63, 3.8) is 0 Å². The summed E-state index contributed by atoms with van der Waals surface area (Å²) in [4.78, 5) is 0. The van der Waals surface area contributed by atoms with Crippen LogP contribution in [0.15, 0.2) is 71.1 Å². The molecule has 3 aromatic rings. The summed E-state index contributed by atoms with van der Waals surface area (Å²) in [6.07, 6.45) is -0.533. The van der Waals surface area contributed by atoms with Crippen LogP contribution in [-0.2, 0) is 6.54 Å². The maximum absolute atomic E-state index is 10.1. The van der Waals surface area contributed by atoms with Gasteiger partial charge in [0.15, 0.2) is 0 Å². The maximum Gasteiger partial charge on any atom is 0.135 e. The molecule has 2 aromatic carbocycles. The van der Waals surface area contributed by atoms with Crippen LogP contribution in [0.1, 0.15) is 17.4 Å². The predicted octanol–water partition coefficient (Wildman–Crippen LogP) is 4.42. The third kappa shape index (κ3) is 4.02. The molecule has 3 rings (SSSR count). The van der Waals surface area contributed by atoms with Crippen molar-refractivity contribution >= 4 is 11.6 Å². The van der Waals surface area contributed by atoms with E-state index >= 15 is 0 Å². The third-order valence-corrected chi connectivity index (χ3v) is 3.95. The second-order valence-corrected chi connectivity index (χ2v) is 5.71. The van der Waals surface area contributed by atoms with E-state index in [1.165, 1.54) is 0 Å². The number of aliphatic hydroxyl groups excluding tert-OH is 1. The Hall–Kier alpha value is -2.07. The Bertz CT molecular complexity index is 755. The van der Waals surface area contributed by atoms with E-state index < -0.39 is 6.10 Å². The molecule has 0 aliphatic rings. The van der Waals surface area contributed by atoms with Crippen LogP contribution in [0.3, 0.4) is 0 Å². The first kappa shape index (κ1) is 15.8. The summed E-state index contributed by atoms with van der Waals surface area (Å²) in [5.74, 6) is 1.55. The second-order valence-electron chi connectivity index (χ2n) is 5.30. The largest absolute Gasteiger partial charge is 0.460 e. The Kier molecular flexibility index (Phi) is 5.13. The molecule has 0 fully saturated rings. The number of halogens is 1. The molecule has 0 unspecified atom stereocenters. The van der Waals surface area contributed by atoms with Crippen LogP contribution in [0.2, 0.25) is 5.02 Å². The van der Waals surface area contributed by atoms with E-state index in [0.717, 1.165) is 22.6 Å². The van der Waals surface area contributed by atoms with E-state index in [9.17, 15) is 5.11 Å². The summed E-state index contributed by atoms with van der Waals surface area (Å²) in [7, 11) is 0. The van der Waals surface area contributed by atoms with Crippen molar-refractivity contribution in [2.24, 2.45) is 0 Å². The van der Waals surface area contributed by atoms with Gasteiger partial charge in [0.25, 0.3) is 0 Å². The average Bonchev–Trinajstić information content (AvgIpc) is 3.04. The molecule has 0 aliphatic carbocycles. The fourth-order valence-electron chi connectivity index (χ4n) is 2.40. The average molecular weight is 328 g/mol. The van der Waals surface area contributed by atoms with E-state index in [1.807, 2.05) is 66.7 Å². The predicted molar refractivity (Wildman–Crippen MR) is 92.3 cm³/mol. The van der Waals surface area contributed by atoms with Gasteiger partial charge in [-0.1, -0.05) is 54.1 Å². The number of aliphatic hydroxyl groups is 1. The normalized spacial score (nSPS) is 12.3. The molecule has 0 aliphatic heterocycles. The number of hydrogen-bond donors (Lipinski definition) is 2. The molecule has 1 heterocycles. The first-order chi connectivity index (χ1) is 11.2. The lowest BCUT2D eigenvalue weighted by Gasteiger charge is -2.11. The number of benzene rings is 2. The third-order valence-electron chi connectivity index (χ3n) is 3.62. The highest BCUT2D eigenvalue weighted by Crippen LogP contribution is 2.28. The number of rotatable bonds is 6. The summed E-state index contributed by atoms with van der Waals surface area (Å²) >= 11 is 6.17. The lowest BCUT2D eigenvalue weighted by Crippen LogP contribution is -2.20. The molecular weight excluding hydrogens is 310 g/mol. The summed E-state index contributed by atoms with van der Waals surface area (Å²) < 4.78 is 5.81. The van der Waals surface area contributed by atoms with Crippen LogP contribution in [0.25, 0.3) is 11.3 Å². The lowest BCUT2D eigenvalue weighted by molar-refractivity contribution is 0.173. The minimum Gasteiger partial charge on any atom is -0.460 e. The van der Waals surface area contributed by atoms with Gasteiger partial charge in [0, 0.05) is 12.1 Å². The van der Waals surface area contributed by atoms with Crippen LogP contribution in [0.5, 0.6) is 0 Å². The molecule has 2 N–H and O–H groups in total. The molecule has 0 spiro atoms. The SMILES string of the molecule is O[C@H](CNCc1ccc(-c2ccccc2Cl)o1)c1ccccc1. The van der Waals surface area contributed by atoms with Crippen LogP contribution < -0.4 is 5.32 Å². The zero-order valence-electron chi connectivity index (χ0n) is 12.6. The summed E-state index contributed by atoms with van der Waals surface area (Å²) in [5.41, 5.74) is 1.78. The van der Waals surface area contributed by atoms with Crippen molar-refractivity contribution in [2.75, 3.05) is 6.54 Å². The maximum atomic E-state index is 10.1. The Labute approximate surface area is 140 Å². The van der Waals surface area contributed by atoms with Gasteiger partial charge in [0.2, 0.25) is 0 Å². The van der Waals surface area contributed by atoms with Crippen LogP contribution >= 0.6 is 11.6 Å². The highest BCUT2D eigenvalue weighted by atomic mass is 35.5. The van der Waals surface area contributed by atoms with Gasteiger partial charge < -0.3 is 14.8 Å². The Morgan fingerprint density at radius 1 is 0.957 bits per heavy atom. The fraction of sp³-hybridized carbons (Fsp3) is 0.158. The Morgan fingerprint density at radius 3 is 2.48 bits per heavy atom. The van der Waals surface area contributed by atoms with Gasteiger partial charge in [-0.25, -0.2) is 0 Å². The molecule has 118 valence electrons. The second kappa shape index (κ2) is 7.47. The van der Waals surface area contributed by atoms with E-state index in [-0.39, 0.29) is 0 Å². The molecule has 4 heteroatoms. The molecule has 0 saturated heterocycles. The van der Waals surface area contributed by atoms with Gasteiger partial charge in [-0.05, 0) is 29.8 Å². The lowest BCUT2D eigenvalue weighted by atomic mass is 10.1. The van der Waals surface area contributed by atoms with Gasteiger partial charge in [0.1, 0.15) is 11.5 Å². The molecule has 23 heavy (non-hydrogen) atoms. The van der Waals surface area contributed by atoms with Gasteiger partial charge >= 0.3 is 0 Å². The van der Waals surface area contributed by atoms with Gasteiger partial charge in [-0.3, -0.25) is 0 Å². The van der Waals surface area contributed by atoms with Crippen LogP contribution in [0.4, 0.5) is 0 Å². The van der Waals surface area contributed by atoms with Gasteiger partial charge in [-0.15, -0.1) is 0 Å². The Balaban J connectivity index is 1.57. The zero-order valence-corrected chi connectivity index (χ0v) is 13.3. The molecule has 3 nitrogen and oxygen atoms in total. The Morgan fingerprint density at radius 2 is 1.70 bits per heavy atom. The summed E-state index contributed by atoms with van der Waals surface area (Å²) in [6.45, 7) is 1.01. The molecule has 1 aromatic heterocycles. The number of hydrogen-bond acceptors (Lipinski definition) is 3. The number of nitrogens with one attached hydrogen (secondary N) is 1. The van der Waals surface area contributed by atoms with E-state index in [2.05, 4.69) is 5.32 Å². The first-order valence-electron chi connectivity index (χ1n) is 7.51. The number of furan rings is 1. The van der Waals surface area contributed by atoms with Gasteiger partial charge in [0.05, 0.1) is 17.7 Å². The summed E-state index contributed by atoms with van der Waals surface area (Å²) in [5, 5.41) is 14.0. The molecular formula is C19H18ClNO2. The quantitative estimate of drug-likeness (QED) is 0.704. The standard InChI is InChI=1S/C19H18ClNO2/c20-17-9-5-4-8-16(17)19-11-10-15(23-19)12-21-13-18(22)14-6-2-1-3-7-14/h1-11,18,21-22H,12-13H2/t18-/m1/s1. The van der Waals surface area contributed by atoms with E-state index in [1.54, 1.807) is 0 Å². The molecule has 0 radical (unpaired) electrons. The minimum absolute atomic E-state index is 0.464. The monoisotopic (exact) mass is 327 g/mol. The van der Waals surface area contributed by atoms with Crippen LogP contribution in [-0.4, -0.2) is 11.7 Å². The van der Waals surface area contributed by atoms with Crippen molar-refractivity contribution in [1.82, 2.24) is 5.32 Å². The topological polar surface area (TPSA) is 45.4 Å². The highest BCUT2D eigenvalue weighted by Gasteiger charge is 2.09. The van der Waals surface area contributed by atoms with Gasteiger partial charge in [-0.2, -0.15) is 0 Å². The fourth-order valence-corrected chi connectivity index (χ4v) is 2.63. The molecule has 0 saturated carbocycles. The van der Waals surface area contributed by atoms with Crippen molar-refractivity contribution < 1.29 is 9.52 Å². The summed E-state index contributed by atoms with van der Waals surface area (Å²) in [6, 6.07) is 21.0. The van der Waals surface area contributed by atoms with Crippen molar-refractivity contribution in [3.05, 3.63) is 83.1 Å². The van der Waals surface area contributed by atoms with E-state index in [0.29, 0.717) is 18.1 Å². The highest BCUT2D eigenvalue weighted by molar-refractivity contribution is 6.33. The van der Waals surface area contributed by atoms with Crippen molar-refractivity contribution in [3.8, 4) is 11.3 Å². The first-order valence-corrected chi connectivity index (χ1v) is 7.89. The zero-order chi connectivity index (χ0) is 16.1. The molecule has 0 bridgehead atoms. The van der Waals surface area contributed by atoms with Crippen molar-refractivity contribution in [2.45, 2.75) is 12.6 Å². The van der Waals surface area contributed by atoms with Crippen molar-refractivity contribution in [1.29, 1.82) is 0 Å². The van der Waals surface area contributed by atoms with E-state index in [4.69, 9.17) is 16.0 Å². The molecule has 0 amide bonds.